The minimum absolute atomic E-state index is 0.551. The lowest BCUT2D eigenvalue weighted by atomic mass is 9.99. The van der Waals surface area contributed by atoms with Crippen molar-refractivity contribution in [3.05, 3.63) is 39.9 Å². The molecule has 0 spiro atoms. The number of aromatic nitrogens is 1. The minimum Gasteiger partial charge on any atom is -0.493 e. The highest BCUT2D eigenvalue weighted by Crippen LogP contribution is 2.43. The van der Waals surface area contributed by atoms with Gasteiger partial charge in [-0.1, -0.05) is 23.2 Å². The molecule has 0 saturated heterocycles. The van der Waals surface area contributed by atoms with Crippen LogP contribution in [0.15, 0.2) is 24.3 Å². The molecular formula is C21H24Cl2N2O3. The number of rotatable bonds is 8. The lowest BCUT2D eigenvalue weighted by Crippen LogP contribution is -2.00. The molecule has 0 radical (unpaired) electrons. The standard InChI is InChI=1S/C21H24Cl2N2O3/c1-26-17-8-12(9-18(27-2)21(17)28-3)19-14(6-4-5-7-24)15-10-13(22)11-16(23)20(15)25-19/h8-11,25H,4-7,24H2,1-3H3. The number of aromatic amines is 1. The summed E-state index contributed by atoms with van der Waals surface area (Å²) < 4.78 is 16.5. The van der Waals surface area contributed by atoms with Gasteiger partial charge in [-0.15, -0.1) is 0 Å². The highest BCUT2D eigenvalue weighted by Gasteiger charge is 2.20. The van der Waals surface area contributed by atoms with E-state index in [1.54, 1.807) is 27.4 Å². The van der Waals surface area contributed by atoms with E-state index in [0.29, 0.717) is 33.8 Å². The summed E-state index contributed by atoms with van der Waals surface area (Å²) in [6.45, 7) is 0.656. The third-order valence-corrected chi connectivity index (χ3v) is 5.28. The highest BCUT2D eigenvalue weighted by atomic mass is 35.5. The largest absolute Gasteiger partial charge is 0.493 e. The van der Waals surface area contributed by atoms with Crippen molar-refractivity contribution in [2.75, 3.05) is 27.9 Å². The maximum Gasteiger partial charge on any atom is 0.203 e. The Kier molecular flexibility index (Phi) is 6.60. The van der Waals surface area contributed by atoms with Crippen LogP contribution in [0.5, 0.6) is 17.2 Å². The summed E-state index contributed by atoms with van der Waals surface area (Å²) in [5, 5.41) is 2.20. The smallest absolute Gasteiger partial charge is 0.203 e. The van der Waals surface area contributed by atoms with E-state index in [1.165, 1.54) is 0 Å². The maximum atomic E-state index is 6.46. The van der Waals surface area contributed by atoms with Crippen molar-refractivity contribution in [2.24, 2.45) is 5.73 Å². The van der Waals surface area contributed by atoms with E-state index >= 15 is 0 Å². The van der Waals surface area contributed by atoms with Gasteiger partial charge in [-0.05, 0) is 55.6 Å². The molecule has 3 N–H and O–H groups in total. The number of halogens is 2. The second kappa shape index (κ2) is 8.95. The van der Waals surface area contributed by atoms with Gasteiger partial charge in [-0.25, -0.2) is 0 Å². The van der Waals surface area contributed by atoms with Crippen LogP contribution in [0.25, 0.3) is 22.2 Å². The van der Waals surface area contributed by atoms with Crippen LogP contribution in [0.4, 0.5) is 0 Å². The number of H-pyrrole nitrogens is 1. The molecule has 0 amide bonds. The Morgan fingerprint density at radius 1 is 0.929 bits per heavy atom. The summed E-state index contributed by atoms with van der Waals surface area (Å²) >= 11 is 12.7. The zero-order chi connectivity index (χ0) is 20.3. The number of nitrogens with one attached hydrogen (secondary N) is 1. The average Bonchev–Trinajstić information content (AvgIpc) is 3.05. The molecule has 0 saturated carbocycles. The van der Waals surface area contributed by atoms with Crippen molar-refractivity contribution in [3.63, 3.8) is 0 Å². The lowest BCUT2D eigenvalue weighted by Gasteiger charge is -2.14. The summed E-state index contributed by atoms with van der Waals surface area (Å²) in [6.07, 6.45) is 2.75. The van der Waals surface area contributed by atoms with Crippen LogP contribution in [-0.4, -0.2) is 32.9 Å². The molecule has 28 heavy (non-hydrogen) atoms. The van der Waals surface area contributed by atoms with Crippen molar-refractivity contribution < 1.29 is 14.2 Å². The van der Waals surface area contributed by atoms with Gasteiger partial charge >= 0.3 is 0 Å². The molecule has 1 heterocycles. The summed E-state index contributed by atoms with van der Waals surface area (Å²) in [4.78, 5) is 3.47. The number of benzene rings is 2. The normalized spacial score (nSPS) is 11.1. The topological polar surface area (TPSA) is 69.5 Å². The molecule has 0 atom stereocenters. The molecule has 5 nitrogen and oxygen atoms in total. The number of ether oxygens (including phenoxy) is 3. The second-order valence-corrected chi connectivity index (χ2v) is 7.29. The first-order valence-electron chi connectivity index (χ1n) is 9.04. The molecule has 7 heteroatoms. The number of unbranched alkanes of at least 4 members (excludes halogenated alkanes) is 1. The van der Waals surface area contributed by atoms with E-state index < -0.39 is 0 Å². The van der Waals surface area contributed by atoms with Crippen LogP contribution in [-0.2, 0) is 6.42 Å². The number of hydrogen-bond acceptors (Lipinski definition) is 4. The minimum atomic E-state index is 0.551. The SMILES string of the molecule is COc1cc(-c2[nH]c3c(Cl)cc(Cl)cc3c2CCCCN)cc(OC)c1OC. The fourth-order valence-corrected chi connectivity index (χ4v) is 3.99. The van der Waals surface area contributed by atoms with E-state index in [1.807, 2.05) is 18.2 Å². The fourth-order valence-electron chi connectivity index (χ4n) is 3.45. The van der Waals surface area contributed by atoms with Crippen molar-refractivity contribution in [2.45, 2.75) is 19.3 Å². The van der Waals surface area contributed by atoms with Crippen LogP contribution in [0.1, 0.15) is 18.4 Å². The Morgan fingerprint density at radius 3 is 2.18 bits per heavy atom. The summed E-state index contributed by atoms with van der Waals surface area (Å²) in [5.41, 5.74) is 9.56. The molecule has 0 aliphatic carbocycles. The Morgan fingerprint density at radius 2 is 1.61 bits per heavy atom. The fraction of sp³-hybridized carbons (Fsp3) is 0.333. The monoisotopic (exact) mass is 422 g/mol. The van der Waals surface area contributed by atoms with Gasteiger partial charge in [-0.2, -0.15) is 0 Å². The van der Waals surface area contributed by atoms with Crippen LogP contribution >= 0.6 is 23.2 Å². The van der Waals surface area contributed by atoms with Crippen molar-refractivity contribution in [1.29, 1.82) is 0 Å². The van der Waals surface area contributed by atoms with Crippen LogP contribution in [0, 0.1) is 0 Å². The number of nitrogens with two attached hydrogens (primary N) is 1. The third-order valence-electron chi connectivity index (χ3n) is 4.77. The predicted molar refractivity (Wildman–Crippen MR) is 115 cm³/mol. The van der Waals surface area contributed by atoms with Crippen molar-refractivity contribution in [1.82, 2.24) is 4.98 Å². The molecular weight excluding hydrogens is 399 g/mol. The molecule has 0 aliphatic heterocycles. The molecule has 0 bridgehead atoms. The van der Waals surface area contributed by atoms with Gasteiger partial charge in [0.2, 0.25) is 5.75 Å². The number of methoxy groups -OCH3 is 3. The van der Waals surface area contributed by atoms with Gasteiger partial charge in [0.15, 0.2) is 11.5 Å². The first-order chi connectivity index (χ1) is 13.5. The van der Waals surface area contributed by atoms with E-state index in [9.17, 15) is 0 Å². The Hall–Kier alpha value is -2.08. The lowest BCUT2D eigenvalue weighted by molar-refractivity contribution is 0.324. The second-order valence-electron chi connectivity index (χ2n) is 6.45. The first-order valence-corrected chi connectivity index (χ1v) is 9.79. The number of aryl methyl sites for hydroxylation is 1. The van der Waals surface area contributed by atoms with Gasteiger partial charge in [-0.3, -0.25) is 0 Å². The van der Waals surface area contributed by atoms with E-state index in [2.05, 4.69) is 4.98 Å². The van der Waals surface area contributed by atoms with Crippen molar-refractivity contribution in [3.8, 4) is 28.5 Å². The van der Waals surface area contributed by atoms with E-state index in [0.717, 1.165) is 47.0 Å². The van der Waals surface area contributed by atoms with E-state index in [4.69, 9.17) is 43.1 Å². The van der Waals surface area contributed by atoms with Crippen LogP contribution in [0.3, 0.4) is 0 Å². The van der Waals surface area contributed by atoms with Gasteiger partial charge in [0, 0.05) is 16.0 Å². The molecule has 0 fully saturated rings. The highest BCUT2D eigenvalue weighted by molar-refractivity contribution is 6.38. The number of hydrogen-bond donors (Lipinski definition) is 2. The first kappa shape index (κ1) is 20.6. The molecule has 3 rings (SSSR count). The van der Waals surface area contributed by atoms with Crippen molar-refractivity contribution >= 4 is 34.1 Å². The maximum absolute atomic E-state index is 6.46. The predicted octanol–water partition coefficient (Wildman–Crippen LogP) is 5.45. The summed E-state index contributed by atoms with van der Waals surface area (Å²) in [6, 6.07) is 7.53. The molecule has 0 aliphatic rings. The third kappa shape index (κ3) is 3.88. The van der Waals surface area contributed by atoms with Crippen LogP contribution < -0.4 is 19.9 Å². The Balaban J connectivity index is 2.24. The molecule has 150 valence electrons. The number of fused-ring (bicyclic) bond motifs is 1. The zero-order valence-corrected chi connectivity index (χ0v) is 17.7. The average molecular weight is 423 g/mol. The van der Waals surface area contributed by atoms with Gasteiger partial charge in [0.25, 0.3) is 0 Å². The molecule has 3 aromatic rings. The van der Waals surface area contributed by atoms with Crippen LogP contribution in [0.2, 0.25) is 10.0 Å². The molecule has 2 aromatic carbocycles. The van der Waals surface area contributed by atoms with E-state index in [-0.39, 0.29) is 0 Å². The summed E-state index contributed by atoms with van der Waals surface area (Å²) in [5.74, 6) is 1.73. The molecule has 1 aromatic heterocycles. The van der Waals surface area contributed by atoms with Gasteiger partial charge in [0.1, 0.15) is 0 Å². The zero-order valence-electron chi connectivity index (χ0n) is 16.2. The summed E-state index contributed by atoms with van der Waals surface area (Å²) in [7, 11) is 4.79. The quantitative estimate of drug-likeness (QED) is 0.473. The Labute approximate surface area is 174 Å². The van der Waals surface area contributed by atoms with Gasteiger partial charge < -0.3 is 24.9 Å². The Bertz CT molecular complexity index is 960. The molecule has 0 unspecified atom stereocenters. The van der Waals surface area contributed by atoms with Gasteiger partial charge in [0.05, 0.1) is 37.6 Å².